The summed E-state index contributed by atoms with van der Waals surface area (Å²) in [5.41, 5.74) is -0.569. The third-order valence-electron chi connectivity index (χ3n) is 4.91. The second kappa shape index (κ2) is 6.46. The maximum atomic E-state index is 13.1. The Kier molecular flexibility index (Phi) is 4.10. The molecule has 1 spiro atoms. The first-order chi connectivity index (χ1) is 13.0. The van der Waals surface area contributed by atoms with Gasteiger partial charge in [-0.15, -0.1) is 0 Å². The van der Waals surface area contributed by atoms with Crippen molar-refractivity contribution in [2.24, 2.45) is 0 Å². The lowest BCUT2D eigenvalue weighted by Crippen LogP contribution is -2.48. The highest BCUT2D eigenvalue weighted by molar-refractivity contribution is 6.09. The van der Waals surface area contributed by atoms with Crippen LogP contribution in [0.3, 0.4) is 0 Å². The van der Waals surface area contributed by atoms with E-state index < -0.39 is 23.4 Å². The van der Waals surface area contributed by atoms with E-state index in [0.717, 1.165) is 4.90 Å². The molecule has 2 aliphatic rings. The van der Waals surface area contributed by atoms with Crippen molar-refractivity contribution in [3.05, 3.63) is 54.0 Å². The lowest BCUT2D eigenvalue weighted by molar-refractivity contribution is -0.136. The SMILES string of the molecule is C[C@H](NC(=O)CN1C(=O)N[C@]2(CCOc3ccccc32)C1=O)c1ccco1. The lowest BCUT2D eigenvalue weighted by atomic mass is 9.84. The van der Waals surface area contributed by atoms with E-state index in [9.17, 15) is 14.4 Å². The summed E-state index contributed by atoms with van der Waals surface area (Å²) < 4.78 is 10.8. The van der Waals surface area contributed by atoms with Crippen molar-refractivity contribution in [1.82, 2.24) is 15.5 Å². The minimum Gasteiger partial charge on any atom is -0.493 e. The smallest absolute Gasteiger partial charge is 0.325 e. The van der Waals surface area contributed by atoms with Gasteiger partial charge >= 0.3 is 6.03 Å². The van der Waals surface area contributed by atoms with E-state index in [1.165, 1.54) is 6.26 Å². The van der Waals surface area contributed by atoms with Crippen molar-refractivity contribution < 1.29 is 23.5 Å². The highest BCUT2D eigenvalue weighted by Gasteiger charge is 2.55. The normalized spacial score (nSPS) is 22.2. The van der Waals surface area contributed by atoms with Crippen LogP contribution in [0.2, 0.25) is 0 Å². The Balaban J connectivity index is 1.52. The van der Waals surface area contributed by atoms with E-state index in [4.69, 9.17) is 9.15 Å². The molecule has 0 unspecified atom stereocenters. The highest BCUT2D eigenvalue weighted by Crippen LogP contribution is 2.40. The van der Waals surface area contributed by atoms with Gasteiger partial charge in [0.1, 0.15) is 18.1 Å². The van der Waals surface area contributed by atoms with Crippen LogP contribution in [-0.2, 0) is 15.1 Å². The standard InChI is InChI=1S/C19H19N3O5/c1-12(14-7-4-9-26-14)20-16(23)11-22-17(24)19(21-18(22)25)8-10-27-15-6-3-2-5-13(15)19/h2-7,9,12H,8,10-11H2,1H3,(H,20,23)(H,21,25)/t12-,19-/m0/s1. The topological polar surface area (TPSA) is 101 Å². The Morgan fingerprint density at radius 1 is 1.30 bits per heavy atom. The van der Waals surface area contributed by atoms with Gasteiger partial charge in [0.15, 0.2) is 5.54 Å². The number of benzene rings is 1. The van der Waals surface area contributed by atoms with Crippen molar-refractivity contribution in [3.8, 4) is 5.75 Å². The van der Waals surface area contributed by atoms with E-state index in [2.05, 4.69) is 10.6 Å². The Labute approximate surface area is 155 Å². The van der Waals surface area contributed by atoms with Gasteiger partial charge < -0.3 is 19.8 Å². The van der Waals surface area contributed by atoms with Crippen LogP contribution < -0.4 is 15.4 Å². The molecule has 4 amide bonds. The molecule has 0 bridgehead atoms. The highest BCUT2D eigenvalue weighted by atomic mass is 16.5. The zero-order valence-corrected chi connectivity index (χ0v) is 14.7. The summed E-state index contributed by atoms with van der Waals surface area (Å²) in [5, 5.41) is 5.50. The number of furan rings is 1. The maximum Gasteiger partial charge on any atom is 0.325 e. The molecule has 0 radical (unpaired) electrons. The zero-order chi connectivity index (χ0) is 19.0. The first-order valence-corrected chi connectivity index (χ1v) is 8.70. The maximum absolute atomic E-state index is 13.1. The number of carbonyl (C=O) groups excluding carboxylic acids is 3. The van der Waals surface area contributed by atoms with Crippen molar-refractivity contribution in [1.29, 1.82) is 0 Å². The van der Waals surface area contributed by atoms with Gasteiger partial charge in [-0.3, -0.25) is 14.5 Å². The minimum atomic E-state index is -1.18. The van der Waals surface area contributed by atoms with Crippen LogP contribution in [0.4, 0.5) is 4.79 Å². The molecule has 2 aromatic rings. The average Bonchev–Trinajstić information content (AvgIpc) is 3.27. The minimum absolute atomic E-state index is 0.304. The molecule has 3 heterocycles. The number of amides is 4. The molecule has 1 saturated heterocycles. The summed E-state index contributed by atoms with van der Waals surface area (Å²) in [7, 11) is 0. The number of para-hydroxylation sites is 1. The van der Waals surface area contributed by atoms with E-state index >= 15 is 0 Å². The van der Waals surface area contributed by atoms with Crippen molar-refractivity contribution in [2.75, 3.05) is 13.2 Å². The molecule has 1 aromatic heterocycles. The van der Waals surface area contributed by atoms with E-state index in [-0.39, 0.29) is 12.6 Å². The molecule has 2 aliphatic heterocycles. The summed E-state index contributed by atoms with van der Waals surface area (Å²) in [6.45, 7) is 1.71. The number of hydrogen-bond donors (Lipinski definition) is 2. The summed E-state index contributed by atoms with van der Waals surface area (Å²) in [4.78, 5) is 38.9. The number of nitrogens with zero attached hydrogens (tertiary/aromatic N) is 1. The Hall–Kier alpha value is -3.29. The van der Waals surface area contributed by atoms with Crippen LogP contribution in [-0.4, -0.2) is 35.9 Å². The van der Waals surface area contributed by atoms with E-state index in [1.807, 2.05) is 0 Å². The van der Waals surface area contributed by atoms with Crippen LogP contribution >= 0.6 is 0 Å². The Bertz CT molecular complexity index is 895. The molecule has 8 nitrogen and oxygen atoms in total. The second-order valence-electron chi connectivity index (χ2n) is 6.63. The predicted molar refractivity (Wildman–Crippen MR) is 93.7 cm³/mol. The number of carbonyl (C=O) groups is 3. The Morgan fingerprint density at radius 2 is 2.11 bits per heavy atom. The number of hydrogen-bond acceptors (Lipinski definition) is 5. The molecule has 1 aromatic carbocycles. The number of nitrogens with one attached hydrogen (secondary N) is 2. The predicted octanol–water partition coefficient (Wildman–Crippen LogP) is 1.69. The number of ether oxygens (including phenoxy) is 1. The molecule has 0 aliphatic carbocycles. The second-order valence-corrected chi connectivity index (χ2v) is 6.63. The monoisotopic (exact) mass is 369 g/mol. The van der Waals surface area contributed by atoms with Crippen molar-refractivity contribution in [2.45, 2.75) is 24.9 Å². The molecule has 1 fully saturated rings. The van der Waals surface area contributed by atoms with Gasteiger partial charge in [-0.1, -0.05) is 18.2 Å². The third kappa shape index (κ3) is 2.83. The fourth-order valence-corrected chi connectivity index (χ4v) is 3.56. The molecule has 27 heavy (non-hydrogen) atoms. The van der Waals surface area contributed by atoms with Gasteiger partial charge in [-0.2, -0.15) is 0 Å². The molecule has 2 N–H and O–H groups in total. The summed E-state index contributed by atoms with van der Waals surface area (Å²) in [6, 6.07) is 9.62. The first-order valence-electron chi connectivity index (χ1n) is 8.70. The molecule has 8 heteroatoms. The molecule has 2 atom stereocenters. The average molecular weight is 369 g/mol. The van der Waals surface area contributed by atoms with Crippen LogP contribution in [0.1, 0.15) is 30.7 Å². The summed E-state index contributed by atoms with van der Waals surface area (Å²) in [6.07, 6.45) is 1.83. The largest absolute Gasteiger partial charge is 0.493 e. The summed E-state index contributed by atoms with van der Waals surface area (Å²) >= 11 is 0. The molecule has 4 rings (SSSR count). The third-order valence-corrected chi connectivity index (χ3v) is 4.91. The summed E-state index contributed by atoms with van der Waals surface area (Å²) in [5.74, 6) is 0.273. The molecular weight excluding hydrogens is 350 g/mol. The molecule has 140 valence electrons. The van der Waals surface area contributed by atoms with Gasteiger partial charge in [0, 0.05) is 12.0 Å². The van der Waals surface area contributed by atoms with Crippen LogP contribution in [0, 0.1) is 0 Å². The fraction of sp³-hybridized carbons (Fsp3) is 0.316. The van der Waals surface area contributed by atoms with E-state index in [1.54, 1.807) is 43.3 Å². The van der Waals surface area contributed by atoms with Crippen molar-refractivity contribution >= 4 is 17.8 Å². The van der Waals surface area contributed by atoms with E-state index in [0.29, 0.717) is 30.1 Å². The quantitative estimate of drug-likeness (QED) is 0.799. The van der Waals surface area contributed by atoms with Gasteiger partial charge in [0.05, 0.1) is 18.9 Å². The van der Waals surface area contributed by atoms with Crippen molar-refractivity contribution in [3.63, 3.8) is 0 Å². The Morgan fingerprint density at radius 3 is 2.89 bits per heavy atom. The van der Waals surface area contributed by atoms with Gasteiger partial charge in [0.2, 0.25) is 5.91 Å². The number of urea groups is 1. The number of rotatable bonds is 4. The van der Waals surface area contributed by atoms with Gasteiger partial charge in [0.25, 0.3) is 5.91 Å². The van der Waals surface area contributed by atoms with Crippen LogP contribution in [0.5, 0.6) is 5.75 Å². The molecule has 0 saturated carbocycles. The number of imide groups is 1. The number of fused-ring (bicyclic) bond motifs is 2. The zero-order valence-electron chi connectivity index (χ0n) is 14.7. The van der Waals surface area contributed by atoms with Crippen LogP contribution in [0.25, 0.3) is 0 Å². The van der Waals surface area contributed by atoms with Crippen LogP contribution in [0.15, 0.2) is 47.1 Å². The molecular formula is C19H19N3O5. The van der Waals surface area contributed by atoms with Gasteiger partial charge in [-0.25, -0.2) is 4.79 Å². The fourth-order valence-electron chi connectivity index (χ4n) is 3.56. The lowest BCUT2D eigenvalue weighted by Gasteiger charge is -2.33. The van der Waals surface area contributed by atoms with Gasteiger partial charge in [-0.05, 0) is 25.1 Å². The first kappa shape index (κ1) is 17.1.